The van der Waals surface area contributed by atoms with E-state index >= 15 is 0 Å². The van der Waals surface area contributed by atoms with Crippen LogP contribution in [0, 0.1) is 0 Å². The normalized spacial score (nSPS) is 19.1. The lowest BCUT2D eigenvalue weighted by Gasteiger charge is -2.41. The minimum Gasteiger partial charge on any atom is -0.454 e. The minimum atomic E-state index is -1.62. The smallest absolute Gasteiger partial charge is 0.306 e. The van der Waals surface area contributed by atoms with Crippen molar-refractivity contribution in [2.24, 2.45) is 0 Å². The molecule has 1 heterocycles. The molecule has 0 spiro atoms. The van der Waals surface area contributed by atoms with E-state index in [0.29, 0.717) is 12.8 Å². The van der Waals surface area contributed by atoms with Crippen LogP contribution in [-0.4, -0.2) is 99.6 Å². The van der Waals surface area contributed by atoms with E-state index in [-0.39, 0.29) is 19.4 Å². The number of unbranched alkanes of at least 4 members (excludes halogenated alkanes) is 28. The predicted molar refractivity (Wildman–Crippen MR) is 356 cm³/mol. The number of carbonyl (C=O) groups is 2. The van der Waals surface area contributed by atoms with E-state index in [9.17, 15) is 35.1 Å². The maximum absolute atomic E-state index is 13.4. The molecule has 8 unspecified atom stereocenters. The van der Waals surface area contributed by atoms with Crippen LogP contribution in [0.4, 0.5) is 0 Å². The van der Waals surface area contributed by atoms with Crippen LogP contribution in [0.3, 0.4) is 0 Å². The van der Waals surface area contributed by atoms with Crippen LogP contribution in [0.5, 0.6) is 0 Å². The van der Waals surface area contributed by atoms with Crippen molar-refractivity contribution >= 4 is 11.9 Å². The van der Waals surface area contributed by atoms with Crippen LogP contribution >= 0.6 is 0 Å². The second kappa shape index (κ2) is 60.6. The van der Waals surface area contributed by atoms with Crippen LogP contribution in [0.15, 0.2) is 109 Å². The lowest BCUT2D eigenvalue weighted by atomic mass is 9.99. The summed E-state index contributed by atoms with van der Waals surface area (Å²) in [6, 6.07) is -1.04. The second-order valence-corrected chi connectivity index (χ2v) is 23.5. The largest absolute Gasteiger partial charge is 0.454 e. The molecule has 6 N–H and O–H groups in total. The third kappa shape index (κ3) is 48.0. The molecule has 0 bridgehead atoms. The van der Waals surface area contributed by atoms with Gasteiger partial charge in [-0.3, -0.25) is 9.59 Å². The van der Waals surface area contributed by atoms with E-state index in [1.54, 1.807) is 6.08 Å². The summed E-state index contributed by atoms with van der Waals surface area (Å²) >= 11 is 0. The summed E-state index contributed by atoms with van der Waals surface area (Å²) in [5.74, 6) is -1.21. The van der Waals surface area contributed by atoms with E-state index in [2.05, 4.69) is 123 Å². The van der Waals surface area contributed by atoms with Crippen molar-refractivity contribution < 1.29 is 49.3 Å². The van der Waals surface area contributed by atoms with Crippen LogP contribution in [0.25, 0.3) is 0 Å². The van der Waals surface area contributed by atoms with E-state index < -0.39 is 67.4 Å². The first kappa shape index (κ1) is 79.3. The van der Waals surface area contributed by atoms with Crippen molar-refractivity contribution in [3.8, 4) is 0 Å². The van der Waals surface area contributed by atoms with E-state index in [4.69, 9.17) is 14.2 Å². The molecule has 1 aliphatic heterocycles. The Morgan fingerprint density at radius 1 is 0.471 bits per heavy atom. The van der Waals surface area contributed by atoms with Gasteiger partial charge in [0, 0.05) is 6.42 Å². The van der Waals surface area contributed by atoms with E-state index in [1.165, 1.54) is 109 Å². The molecule has 8 atom stereocenters. The number of aliphatic hydroxyl groups excluding tert-OH is 5. The van der Waals surface area contributed by atoms with Gasteiger partial charge in [0.1, 0.15) is 24.4 Å². The number of aliphatic hydroxyl groups is 5. The number of allylic oxidation sites excluding steroid dienone is 17. The van der Waals surface area contributed by atoms with Crippen molar-refractivity contribution in [2.45, 2.75) is 333 Å². The number of carbonyl (C=O) groups excluding carboxylic acids is 2. The number of amides is 1. The summed E-state index contributed by atoms with van der Waals surface area (Å²) in [6.45, 7) is 5.64. The highest BCUT2D eigenvalue weighted by molar-refractivity contribution is 5.80. The van der Waals surface area contributed by atoms with Gasteiger partial charge in [0.05, 0.1) is 25.4 Å². The van der Waals surface area contributed by atoms with Crippen molar-refractivity contribution in [1.29, 1.82) is 0 Å². The summed E-state index contributed by atoms with van der Waals surface area (Å²) < 4.78 is 17.7. The summed E-state index contributed by atoms with van der Waals surface area (Å²) in [5, 5.41) is 57.1. The quantitative estimate of drug-likeness (QED) is 0.0195. The number of hydrogen-bond donors (Lipinski definition) is 6. The molecule has 0 aromatic heterocycles. The predicted octanol–water partition coefficient (Wildman–Crippen LogP) is 17.6. The van der Waals surface area contributed by atoms with Gasteiger partial charge in [-0.1, -0.05) is 278 Å². The molecule has 85 heavy (non-hydrogen) atoms. The van der Waals surface area contributed by atoms with E-state index in [0.717, 1.165) is 128 Å². The molecule has 1 saturated heterocycles. The van der Waals surface area contributed by atoms with Gasteiger partial charge in [-0.2, -0.15) is 0 Å². The highest BCUT2D eigenvalue weighted by atomic mass is 16.7. The zero-order chi connectivity index (χ0) is 61.7. The maximum atomic E-state index is 13.4. The van der Waals surface area contributed by atoms with Crippen molar-refractivity contribution in [3.63, 3.8) is 0 Å². The molecule has 0 saturated carbocycles. The number of hydrogen-bond acceptors (Lipinski definition) is 10. The zero-order valence-corrected chi connectivity index (χ0v) is 54.2. The SMILES string of the molecule is CC/C=C\C/C=C\C/C=C\C/C=C\C/C=C\CCCCCCCCCCCCCC(=O)OC1C(OCC(NC(=O)C(O)CCCCCCC/C=C\C/C=C\C/C=C\CCCCC)C(O)/C=C/CCCCCCCCCCC)OC(CO)C(O)C1O. The number of ether oxygens (including phenoxy) is 3. The highest BCUT2D eigenvalue weighted by Crippen LogP contribution is 2.26. The Morgan fingerprint density at radius 3 is 1.29 bits per heavy atom. The molecule has 0 radical (unpaired) electrons. The monoisotopic (exact) mass is 1190 g/mol. The molecule has 0 aromatic carbocycles. The summed E-state index contributed by atoms with van der Waals surface area (Å²) in [7, 11) is 0. The number of nitrogens with one attached hydrogen (secondary N) is 1. The average molecular weight is 1190 g/mol. The third-order valence-corrected chi connectivity index (χ3v) is 15.7. The van der Waals surface area contributed by atoms with Gasteiger partial charge in [-0.25, -0.2) is 0 Å². The molecule has 1 rings (SSSR count). The van der Waals surface area contributed by atoms with Gasteiger partial charge in [-0.05, 0) is 109 Å². The molecule has 488 valence electrons. The van der Waals surface area contributed by atoms with Gasteiger partial charge >= 0.3 is 5.97 Å². The second-order valence-electron chi connectivity index (χ2n) is 23.5. The zero-order valence-electron chi connectivity index (χ0n) is 54.2. The average Bonchev–Trinajstić information content (AvgIpc) is 2.92. The Morgan fingerprint density at radius 2 is 0.847 bits per heavy atom. The minimum absolute atomic E-state index is 0.112. The maximum Gasteiger partial charge on any atom is 0.306 e. The fraction of sp³-hybridized carbons (Fsp3) is 0.730. The van der Waals surface area contributed by atoms with Crippen molar-refractivity contribution in [2.75, 3.05) is 13.2 Å². The fourth-order valence-corrected chi connectivity index (χ4v) is 10.2. The molecule has 0 aliphatic carbocycles. The van der Waals surface area contributed by atoms with Gasteiger partial charge in [0.25, 0.3) is 0 Å². The molecule has 0 aromatic rings. The standard InChI is InChI=1S/C74H127NO10/c1-4-7-10-13-16-19-22-24-26-28-30-31-32-33-34-35-36-37-38-40-42-44-47-50-53-56-59-62-69(79)85-72-71(81)70(80)68(63-76)84-74(72)83-64-65(66(77)60-57-54-51-48-45-21-18-15-12-9-6-3)75-73(82)67(78)61-58-55-52-49-46-43-41-39-29-27-25-23-20-17-14-11-8-5-2/h7,10,16-17,19-20,24-27,30-31,33-34,39,41,57,60,65-68,70-72,74,76-78,80-81H,4-6,8-9,11-15,18,21-23,28-29,32,35-38,40,42-56,58-59,61-64H2,1-3H3,(H,75,82)/b10-7-,19-16-,20-17-,26-24-,27-25-,31-30-,34-33-,41-39-,60-57+. The van der Waals surface area contributed by atoms with Crippen molar-refractivity contribution in [1.82, 2.24) is 5.32 Å². The van der Waals surface area contributed by atoms with Gasteiger partial charge in [0.2, 0.25) is 5.91 Å². The number of esters is 1. The summed E-state index contributed by atoms with van der Waals surface area (Å²) in [5.41, 5.74) is 0. The Bertz CT molecular complexity index is 1800. The van der Waals surface area contributed by atoms with Crippen LogP contribution in [0.2, 0.25) is 0 Å². The van der Waals surface area contributed by atoms with Gasteiger partial charge in [-0.15, -0.1) is 0 Å². The molecule has 1 aliphatic rings. The first-order valence-corrected chi connectivity index (χ1v) is 34.7. The molecule has 11 nitrogen and oxygen atoms in total. The summed E-state index contributed by atoms with van der Waals surface area (Å²) in [6.07, 6.45) is 72.7. The Hall–Kier alpha value is -3.68. The first-order chi connectivity index (χ1) is 41.7. The Labute approximate surface area is 519 Å². The lowest BCUT2D eigenvalue weighted by Crippen LogP contribution is -2.61. The first-order valence-electron chi connectivity index (χ1n) is 34.7. The summed E-state index contributed by atoms with van der Waals surface area (Å²) in [4.78, 5) is 26.6. The number of rotatable bonds is 58. The highest BCUT2D eigenvalue weighted by Gasteiger charge is 2.47. The van der Waals surface area contributed by atoms with Crippen molar-refractivity contribution in [3.05, 3.63) is 109 Å². The lowest BCUT2D eigenvalue weighted by molar-refractivity contribution is -0.305. The molecular weight excluding hydrogens is 1060 g/mol. The van der Waals surface area contributed by atoms with E-state index in [1.807, 2.05) is 6.08 Å². The molecular formula is C74H127NO10. The van der Waals surface area contributed by atoms with Crippen LogP contribution < -0.4 is 5.32 Å². The third-order valence-electron chi connectivity index (χ3n) is 15.7. The van der Waals surface area contributed by atoms with Crippen LogP contribution in [-0.2, 0) is 23.8 Å². The van der Waals surface area contributed by atoms with Crippen LogP contribution in [0.1, 0.15) is 284 Å². The Kier molecular flexibility index (Phi) is 56.6. The molecule has 1 fully saturated rings. The molecule has 11 heteroatoms. The topological polar surface area (TPSA) is 175 Å². The molecule has 1 amide bonds. The van der Waals surface area contributed by atoms with Gasteiger partial charge in [0.15, 0.2) is 12.4 Å². The van der Waals surface area contributed by atoms with Gasteiger partial charge < -0.3 is 45.1 Å². The fourth-order valence-electron chi connectivity index (χ4n) is 10.2. The Balaban J connectivity index is 2.57.